The molecule has 3 aromatic heterocycles. The second-order valence-electron chi connectivity index (χ2n) is 7.50. The van der Waals surface area contributed by atoms with Gasteiger partial charge in [-0.25, -0.2) is 4.98 Å². The van der Waals surface area contributed by atoms with Crippen LogP contribution in [0.15, 0.2) is 53.5 Å². The van der Waals surface area contributed by atoms with Gasteiger partial charge in [-0.3, -0.25) is 9.59 Å². The summed E-state index contributed by atoms with van der Waals surface area (Å²) >= 11 is 0. The Balaban J connectivity index is 1.70. The van der Waals surface area contributed by atoms with Crippen LogP contribution in [0, 0.1) is 13.8 Å². The number of carbonyl (C=O) groups is 1. The number of aromatic nitrogens is 3. The first-order chi connectivity index (χ1) is 15.1. The lowest BCUT2D eigenvalue weighted by atomic mass is 10.1. The number of aromatic amines is 2. The first-order valence-electron chi connectivity index (χ1n) is 9.77. The van der Waals surface area contributed by atoms with Gasteiger partial charge in [-0.05, 0) is 49.7 Å². The molecule has 3 heterocycles. The van der Waals surface area contributed by atoms with E-state index < -0.39 is 17.6 Å². The number of nitrogens with zero attached hydrogens (tertiary/aromatic N) is 1. The number of aryl methyl sites for hydroxylation is 2. The molecule has 6 nitrogen and oxygen atoms in total. The fourth-order valence-corrected chi connectivity index (χ4v) is 3.59. The third-order valence-corrected chi connectivity index (χ3v) is 5.17. The van der Waals surface area contributed by atoms with E-state index >= 15 is 0 Å². The molecular formula is C23H19F3N4O2. The topological polar surface area (TPSA) is 90.6 Å². The summed E-state index contributed by atoms with van der Waals surface area (Å²) in [7, 11) is 0. The molecule has 0 aliphatic heterocycles. The van der Waals surface area contributed by atoms with Crippen molar-refractivity contribution in [1.82, 2.24) is 20.3 Å². The van der Waals surface area contributed by atoms with E-state index in [0.717, 1.165) is 17.7 Å². The maximum absolute atomic E-state index is 13.1. The van der Waals surface area contributed by atoms with Crippen molar-refractivity contribution in [2.24, 2.45) is 0 Å². The predicted octanol–water partition coefficient (Wildman–Crippen LogP) is 4.48. The molecule has 0 unspecified atom stereocenters. The molecule has 0 saturated heterocycles. The molecular weight excluding hydrogens is 421 g/mol. The molecule has 164 valence electrons. The van der Waals surface area contributed by atoms with Crippen LogP contribution in [0.25, 0.3) is 22.2 Å². The van der Waals surface area contributed by atoms with Gasteiger partial charge in [0.1, 0.15) is 5.69 Å². The molecule has 0 atom stereocenters. The Morgan fingerprint density at radius 1 is 1.12 bits per heavy atom. The Labute approximate surface area is 180 Å². The highest BCUT2D eigenvalue weighted by Gasteiger charge is 2.30. The van der Waals surface area contributed by atoms with E-state index in [4.69, 9.17) is 0 Å². The van der Waals surface area contributed by atoms with Gasteiger partial charge in [0.25, 0.3) is 11.5 Å². The summed E-state index contributed by atoms with van der Waals surface area (Å²) in [5.41, 5.74) is 1.85. The number of benzene rings is 1. The Bertz CT molecular complexity index is 1390. The van der Waals surface area contributed by atoms with Gasteiger partial charge >= 0.3 is 6.18 Å². The largest absolute Gasteiger partial charge is 0.416 e. The van der Waals surface area contributed by atoms with E-state index in [2.05, 4.69) is 20.3 Å². The quantitative estimate of drug-likeness (QED) is 0.437. The molecule has 4 aromatic rings. The fraction of sp³-hybridized carbons (Fsp3) is 0.174. The van der Waals surface area contributed by atoms with E-state index in [1.54, 1.807) is 38.2 Å². The third kappa shape index (κ3) is 4.14. The molecule has 1 aromatic carbocycles. The number of hydrogen-bond donors (Lipinski definition) is 3. The van der Waals surface area contributed by atoms with Crippen LogP contribution >= 0.6 is 0 Å². The highest BCUT2D eigenvalue weighted by atomic mass is 19.4. The minimum absolute atomic E-state index is 0.0122. The lowest BCUT2D eigenvalue weighted by molar-refractivity contribution is -0.137. The Kier molecular flexibility index (Phi) is 5.33. The van der Waals surface area contributed by atoms with E-state index in [0.29, 0.717) is 22.2 Å². The molecule has 0 saturated carbocycles. The molecule has 32 heavy (non-hydrogen) atoms. The zero-order chi connectivity index (χ0) is 23.0. The summed E-state index contributed by atoms with van der Waals surface area (Å²) < 4.78 is 39.4. The lowest BCUT2D eigenvalue weighted by Crippen LogP contribution is -2.28. The Morgan fingerprint density at radius 3 is 2.62 bits per heavy atom. The van der Waals surface area contributed by atoms with Crippen LogP contribution in [-0.4, -0.2) is 20.9 Å². The number of rotatable bonds is 4. The average molecular weight is 440 g/mol. The van der Waals surface area contributed by atoms with Crippen molar-refractivity contribution in [1.29, 1.82) is 0 Å². The van der Waals surface area contributed by atoms with Crippen molar-refractivity contribution in [2.45, 2.75) is 26.6 Å². The summed E-state index contributed by atoms with van der Waals surface area (Å²) in [4.78, 5) is 35.2. The highest BCUT2D eigenvalue weighted by molar-refractivity contribution is 6.05. The van der Waals surface area contributed by atoms with Crippen molar-refractivity contribution < 1.29 is 18.0 Å². The van der Waals surface area contributed by atoms with Crippen LogP contribution in [-0.2, 0) is 12.7 Å². The molecule has 0 fully saturated rings. The van der Waals surface area contributed by atoms with Crippen molar-refractivity contribution >= 4 is 16.8 Å². The molecule has 9 heteroatoms. The number of pyridine rings is 2. The molecule has 0 aliphatic carbocycles. The number of carbonyl (C=O) groups excluding carboxylic acids is 1. The summed E-state index contributed by atoms with van der Waals surface area (Å²) in [6, 6.07) is 9.83. The van der Waals surface area contributed by atoms with Crippen molar-refractivity contribution in [2.75, 3.05) is 0 Å². The molecule has 4 rings (SSSR count). The summed E-state index contributed by atoms with van der Waals surface area (Å²) in [6.07, 6.45) is -2.88. The molecule has 0 aliphatic rings. The number of alkyl halides is 3. The van der Waals surface area contributed by atoms with E-state index in [-0.39, 0.29) is 29.1 Å². The molecule has 0 bridgehead atoms. The number of halogens is 3. The number of nitrogens with one attached hydrogen (secondary N) is 3. The van der Waals surface area contributed by atoms with Gasteiger partial charge in [-0.2, -0.15) is 13.2 Å². The number of H-pyrrole nitrogens is 2. The van der Waals surface area contributed by atoms with Crippen molar-refractivity contribution in [3.63, 3.8) is 0 Å². The number of fused-ring (bicyclic) bond motifs is 1. The summed E-state index contributed by atoms with van der Waals surface area (Å²) in [6.45, 7) is 3.53. The normalized spacial score (nSPS) is 11.7. The average Bonchev–Trinajstić information content (AvgIpc) is 3.20. The van der Waals surface area contributed by atoms with Gasteiger partial charge in [0.2, 0.25) is 0 Å². The van der Waals surface area contributed by atoms with E-state index in [9.17, 15) is 22.8 Å². The fourth-order valence-electron chi connectivity index (χ4n) is 3.59. The van der Waals surface area contributed by atoms with Crippen LogP contribution in [0.3, 0.4) is 0 Å². The summed E-state index contributed by atoms with van der Waals surface area (Å²) in [5, 5.41) is 3.22. The first kappa shape index (κ1) is 21.4. The van der Waals surface area contributed by atoms with Gasteiger partial charge in [-0.15, -0.1) is 0 Å². The minimum atomic E-state index is -4.49. The molecule has 0 radical (unpaired) electrons. The van der Waals surface area contributed by atoms with Crippen LogP contribution in [0.1, 0.15) is 32.9 Å². The standard InChI is InChI=1S/C23H19F3N4O2/c1-12-8-13(2)29-21(31)17(12)11-28-22(32)20-16-6-7-27-19(16)10-18(30-20)14-4-3-5-15(9-14)23(24,25)26/h3-10,27H,11H2,1-2H3,(H,28,32)(H,29,31). The SMILES string of the molecule is Cc1cc(C)c(CNC(=O)c2nc(-c3cccc(C(F)(F)F)c3)cc3[nH]ccc23)c(=O)[nH]1. The number of amides is 1. The van der Waals surface area contributed by atoms with Crippen LogP contribution in [0.5, 0.6) is 0 Å². The van der Waals surface area contributed by atoms with Gasteiger partial charge in [0.15, 0.2) is 0 Å². The number of hydrogen-bond acceptors (Lipinski definition) is 3. The first-order valence-corrected chi connectivity index (χ1v) is 9.77. The van der Waals surface area contributed by atoms with E-state index in [1.807, 2.05) is 0 Å². The highest BCUT2D eigenvalue weighted by Crippen LogP contribution is 2.32. The smallest absolute Gasteiger partial charge is 0.361 e. The second-order valence-corrected chi connectivity index (χ2v) is 7.50. The van der Waals surface area contributed by atoms with Crippen LogP contribution in [0.4, 0.5) is 13.2 Å². The van der Waals surface area contributed by atoms with Gasteiger partial charge in [0.05, 0.1) is 11.3 Å². The van der Waals surface area contributed by atoms with Crippen LogP contribution in [0.2, 0.25) is 0 Å². The Morgan fingerprint density at radius 2 is 1.91 bits per heavy atom. The molecule has 0 spiro atoms. The van der Waals surface area contributed by atoms with Gasteiger partial charge < -0.3 is 15.3 Å². The zero-order valence-electron chi connectivity index (χ0n) is 17.2. The second kappa shape index (κ2) is 7.99. The van der Waals surface area contributed by atoms with Gasteiger partial charge in [0, 0.05) is 40.5 Å². The Hall–Kier alpha value is -3.88. The van der Waals surface area contributed by atoms with E-state index in [1.165, 1.54) is 12.1 Å². The van der Waals surface area contributed by atoms with Crippen molar-refractivity contribution in [3.8, 4) is 11.3 Å². The van der Waals surface area contributed by atoms with Gasteiger partial charge in [-0.1, -0.05) is 12.1 Å². The molecule has 3 N–H and O–H groups in total. The molecule has 1 amide bonds. The maximum atomic E-state index is 13.1. The zero-order valence-corrected chi connectivity index (χ0v) is 17.2. The predicted molar refractivity (Wildman–Crippen MR) is 114 cm³/mol. The lowest BCUT2D eigenvalue weighted by Gasteiger charge is -2.11. The van der Waals surface area contributed by atoms with Crippen molar-refractivity contribution in [3.05, 3.63) is 87.1 Å². The van der Waals surface area contributed by atoms with Crippen LogP contribution < -0.4 is 10.9 Å². The maximum Gasteiger partial charge on any atom is 0.416 e. The third-order valence-electron chi connectivity index (χ3n) is 5.17. The minimum Gasteiger partial charge on any atom is -0.361 e. The summed E-state index contributed by atoms with van der Waals surface area (Å²) in [5.74, 6) is -0.539. The monoisotopic (exact) mass is 440 g/mol.